The molecule has 2 amide bonds. The van der Waals surface area contributed by atoms with Gasteiger partial charge in [-0.25, -0.2) is 0 Å². The highest BCUT2D eigenvalue weighted by atomic mass is 16.2. The molecule has 1 atom stereocenters. The SMILES string of the molecule is CCCc1cc(C(=O)N2CCN(C)[C@]3(CCNC(=O)CC3)C2)ccn1. The van der Waals surface area contributed by atoms with Crippen molar-refractivity contribution in [1.82, 2.24) is 20.1 Å². The van der Waals surface area contributed by atoms with Crippen LogP contribution in [0.4, 0.5) is 0 Å². The van der Waals surface area contributed by atoms with Gasteiger partial charge in [-0.15, -0.1) is 0 Å². The van der Waals surface area contributed by atoms with E-state index in [9.17, 15) is 9.59 Å². The van der Waals surface area contributed by atoms with Crippen LogP contribution in [0.3, 0.4) is 0 Å². The van der Waals surface area contributed by atoms with Crippen LogP contribution in [0.1, 0.15) is 48.7 Å². The Labute approximate surface area is 149 Å². The maximum atomic E-state index is 13.0. The zero-order valence-electron chi connectivity index (χ0n) is 15.3. The number of aromatic nitrogens is 1. The predicted molar refractivity (Wildman–Crippen MR) is 96.4 cm³/mol. The molecule has 0 saturated carbocycles. The summed E-state index contributed by atoms with van der Waals surface area (Å²) in [5, 5.41) is 2.96. The van der Waals surface area contributed by atoms with Crippen molar-refractivity contribution in [2.75, 3.05) is 33.2 Å². The van der Waals surface area contributed by atoms with Gasteiger partial charge in [0, 0.05) is 55.6 Å². The highest BCUT2D eigenvalue weighted by Gasteiger charge is 2.42. The first kappa shape index (κ1) is 17.9. The Balaban J connectivity index is 1.77. The Hall–Kier alpha value is -1.95. The van der Waals surface area contributed by atoms with E-state index in [-0.39, 0.29) is 17.4 Å². The van der Waals surface area contributed by atoms with Gasteiger partial charge in [0.25, 0.3) is 5.91 Å². The molecule has 2 saturated heterocycles. The molecule has 2 fully saturated rings. The molecule has 0 aliphatic carbocycles. The van der Waals surface area contributed by atoms with Crippen LogP contribution in [-0.2, 0) is 11.2 Å². The van der Waals surface area contributed by atoms with Crippen LogP contribution in [0.2, 0.25) is 0 Å². The number of pyridine rings is 1. The fourth-order valence-electron chi connectivity index (χ4n) is 3.96. The summed E-state index contributed by atoms with van der Waals surface area (Å²) in [5.41, 5.74) is 1.59. The molecule has 1 spiro atoms. The molecular weight excluding hydrogens is 316 g/mol. The van der Waals surface area contributed by atoms with Crippen molar-refractivity contribution in [3.63, 3.8) is 0 Å². The maximum absolute atomic E-state index is 13.0. The first-order valence-electron chi connectivity index (χ1n) is 9.26. The summed E-state index contributed by atoms with van der Waals surface area (Å²) in [6.07, 6.45) is 5.86. The number of carbonyl (C=O) groups excluding carboxylic acids is 2. The average Bonchev–Trinajstić information content (AvgIpc) is 2.80. The third-order valence-corrected chi connectivity index (χ3v) is 5.59. The van der Waals surface area contributed by atoms with Gasteiger partial charge in [-0.2, -0.15) is 0 Å². The smallest absolute Gasteiger partial charge is 0.254 e. The van der Waals surface area contributed by atoms with Crippen LogP contribution in [0.15, 0.2) is 18.3 Å². The molecule has 2 aliphatic heterocycles. The summed E-state index contributed by atoms with van der Waals surface area (Å²) >= 11 is 0. The standard InChI is InChI=1S/C19H28N4O2/c1-3-4-16-13-15(6-9-20-16)18(25)23-12-11-22(2)19(14-23)7-5-17(24)21-10-8-19/h6,9,13H,3-5,7-8,10-12,14H2,1-2H3,(H,21,24)/t19-/m1/s1. The minimum absolute atomic E-state index is 0.0794. The van der Waals surface area contributed by atoms with Gasteiger partial charge in [-0.05, 0) is 38.4 Å². The summed E-state index contributed by atoms with van der Waals surface area (Å²) in [4.78, 5) is 33.4. The van der Waals surface area contributed by atoms with E-state index in [1.807, 2.05) is 17.0 Å². The van der Waals surface area contributed by atoms with Crippen molar-refractivity contribution in [3.05, 3.63) is 29.6 Å². The third kappa shape index (κ3) is 3.84. The van der Waals surface area contributed by atoms with Crippen LogP contribution in [0.25, 0.3) is 0 Å². The number of nitrogens with zero attached hydrogens (tertiary/aromatic N) is 3. The van der Waals surface area contributed by atoms with Crippen molar-refractivity contribution >= 4 is 11.8 Å². The van der Waals surface area contributed by atoms with Crippen molar-refractivity contribution < 1.29 is 9.59 Å². The van der Waals surface area contributed by atoms with Crippen LogP contribution in [-0.4, -0.2) is 65.4 Å². The second-order valence-electron chi connectivity index (χ2n) is 7.26. The average molecular weight is 344 g/mol. The first-order chi connectivity index (χ1) is 12.0. The first-order valence-corrected chi connectivity index (χ1v) is 9.26. The zero-order valence-corrected chi connectivity index (χ0v) is 15.3. The number of piperazine rings is 1. The molecule has 6 nitrogen and oxygen atoms in total. The monoisotopic (exact) mass is 344 g/mol. The fraction of sp³-hybridized carbons (Fsp3) is 0.632. The van der Waals surface area contributed by atoms with E-state index in [0.29, 0.717) is 19.5 Å². The van der Waals surface area contributed by atoms with E-state index >= 15 is 0 Å². The molecule has 0 radical (unpaired) electrons. The summed E-state index contributed by atoms with van der Waals surface area (Å²) in [5.74, 6) is 0.197. The molecule has 3 rings (SSSR count). The minimum Gasteiger partial charge on any atom is -0.356 e. The number of carbonyl (C=O) groups is 2. The molecule has 0 bridgehead atoms. The Bertz CT molecular complexity index is 648. The predicted octanol–water partition coefficient (Wildman–Crippen LogP) is 1.46. The van der Waals surface area contributed by atoms with E-state index in [4.69, 9.17) is 0 Å². The van der Waals surface area contributed by atoms with E-state index < -0.39 is 0 Å². The molecule has 136 valence electrons. The summed E-state index contributed by atoms with van der Waals surface area (Å²) in [6.45, 7) is 5.04. The molecular formula is C19H28N4O2. The zero-order chi connectivity index (χ0) is 17.9. The fourth-order valence-corrected chi connectivity index (χ4v) is 3.96. The van der Waals surface area contributed by atoms with E-state index in [1.54, 1.807) is 6.20 Å². The maximum Gasteiger partial charge on any atom is 0.254 e. The Morgan fingerprint density at radius 1 is 1.36 bits per heavy atom. The second kappa shape index (κ2) is 7.52. The van der Waals surface area contributed by atoms with Crippen molar-refractivity contribution in [2.45, 2.75) is 44.6 Å². The normalized spacial score (nSPS) is 24.9. The lowest BCUT2D eigenvalue weighted by atomic mass is 9.86. The van der Waals surface area contributed by atoms with Gasteiger partial charge in [0.1, 0.15) is 0 Å². The minimum atomic E-state index is -0.105. The lowest BCUT2D eigenvalue weighted by Crippen LogP contribution is -2.62. The molecule has 0 unspecified atom stereocenters. The van der Waals surface area contributed by atoms with Gasteiger partial charge in [0.05, 0.1) is 0 Å². The summed E-state index contributed by atoms with van der Waals surface area (Å²) in [7, 11) is 2.11. The van der Waals surface area contributed by atoms with E-state index in [2.05, 4.69) is 29.2 Å². The van der Waals surface area contributed by atoms with Gasteiger partial charge < -0.3 is 10.2 Å². The lowest BCUT2D eigenvalue weighted by Gasteiger charge is -2.49. The van der Waals surface area contributed by atoms with Crippen LogP contribution in [0.5, 0.6) is 0 Å². The second-order valence-corrected chi connectivity index (χ2v) is 7.26. The van der Waals surface area contributed by atoms with Crippen LogP contribution in [0, 0.1) is 0 Å². The van der Waals surface area contributed by atoms with Gasteiger partial charge in [-0.3, -0.25) is 19.5 Å². The van der Waals surface area contributed by atoms with Gasteiger partial charge >= 0.3 is 0 Å². The van der Waals surface area contributed by atoms with Crippen LogP contribution < -0.4 is 5.32 Å². The Morgan fingerprint density at radius 2 is 2.20 bits per heavy atom. The topological polar surface area (TPSA) is 65.5 Å². The van der Waals surface area contributed by atoms with Gasteiger partial charge in [0.15, 0.2) is 0 Å². The molecule has 1 N–H and O–H groups in total. The van der Waals surface area contributed by atoms with E-state index in [1.165, 1.54) is 0 Å². The molecule has 0 aromatic carbocycles. The molecule has 1 aromatic rings. The number of likely N-dealkylation sites (N-methyl/N-ethyl adjacent to an activating group) is 1. The van der Waals surface area contributed by atoms with Gasteiger partial charge in [-0.1, -0.05) is 13.3 Å². The molecule has 3 heterocycles. The number of hydrogen-bond acceptors (Lipinski definition) is 4. The number of rotatable bonds is 3. The summed E-state index contributed by atoms with van der Waals surface area (Å²) < 4.78 is 0. The van der Waals surface area contributed by atoms with Crippen molar-refractivity contribution in [3.8, 4) is 0 Å². The molecule has 25 heavy (non-hydrogen) atoms. The number of nitrogens with one attached hydrogen (secondary N) is 1. The molecule has 2 aliphatic rings. The molecule has 6 heteroatoms. The Kier molecular flexibility index (Phi) is 5.37. The number of aryl methyl sites for hydroxylation is 1. The summed E-state index contributed by atoms with van der Waals surface area (Å²) in [6, 6.07) is 3.74. The highest BCUT2D eigenvalue weighted by molar-refractivity contribution is 5.94. The van der Waals surface area contributed by atoms with E-state index in [0.717, 1.165) is 50.0 Å². The highest BCUT2D eigenvalue weighted by Crippen LogP contribution is 2.31. The number of amides is 2. The third-order valence-electron chi connectivity index (χ3n) is 5.59. The van der Waals surface area contributed by atoms with Crippen LogP contribution >= 0.6 is 0 Å². The Morgan fingerprint density at radius 3 is 3.00 bits per heavy atom. The van der Waals surface area contributed by atoms with Gasteiger partial charge in [0.2, 0.25) is 5.91 Å². The number of hydrogen-bond donors (Lipinski definition) is 1. The lowest BCUT2D eigenvalue weighted by molar-refractivity contribution is -0.121. The van der Waals surface area contributed by atoms with Crippen molar-refractivity contribution in [1.29, 1.82) is 0 Å². The largest absolute Gasteiger partial charge is 0.356 e. The molecule has 1 aromatic heterocycles. The quantitative estimate of drug-likeness (QED) is 0.902. The van der Waals surface area contributed by atoms with Crippen molar-refractivity contribution in [2.24, 2.45) is 0 Å².